The van der Waals surface area contributed by atoms with E-state index < -0.39 is 0 Å². The van der Waals surface area contributed by atoms with Crippen LogP contribution >= 0.6 is 0 Å². The second-order valence-electron chi connectivity index (χ2n) is 8.27. The molecule has 0 aliphatic carbocycles. The summed E-state index contributed by atoms with van der Waals surface area (Å²) in [5.41, 5.74) is 1.24. The number of nitrogens with one attached hydrogen (secondary N) is 1. The van der Waals surface area contributed by atoms with E-state index >= 15 is 0 Å². The normalized spacial score (nSPS) is 25.9. The predicted molar refractivity (Wildman–Crippen MR) is 111 cm³/mol. The lowest BCUT2D eigenvalue weighted by Gasteiger charge is -2.27. The van der Waals surface area contributed by atoms with E-state index in [1.54, 1.807) is 0 Å². The van der Waals surface area contributed by atoms with Crippen LogP contribution in [0.2, 0.25) is 0 Å². The number of rotatable bonds is 12. The smallest absolute Gasteiger partial charge is 0.148 e. The van der Waals surface area contributed by atoms with Gasteiger partial charge in [0.15, 0.2) is 0 Å². The predicted octanol–water partition coefficient (Wildman–Crippen LogP) is 4.26. The van der Waals surface area contributed by atoms with Gasteiger partial charge < -0.3 is 9.47 Å². The molecule has 2 fully saturated rings. The van der Waals surface area contributed by atoms with E-state index in [0.717, 1.165) is 38.1 Å². The fourth-order valence-corrected chi connectivity index (χ4v) is 4.70. The monoisotopic (exact) mass is 396 g/mol. The zero-order valence-electron chi connectivity index (χ0n) is 17.1. The molecule has 0 unspecified atom stereocenters. The highest BCUT2D eigenvalue weighted by Gasteiger charge is 2.48. The molecule has 156 valence electrons. The van der Waals surface area contributed by atoms with E-state index in [9.17, 15) is 0 Å². The zero-order chi connectivity index (χ0) is 19.7. The Balaban J connectivity index is 1.13. The van der Waals surface area contributed by atoms with Gasteiger partial charge in [0.2, 0.25) is 0 Å². The number of ether oxygens (including phenoxy) is 2. The van der Waals surface area contributed by atoms with Crippen LogP contribution in [-0.2, 0) is 22.5 Å². The molecule has 0 spiro atoms. The van der Waals surface area contributed by atoms with Crippen LogP contribution in [0.5, 0.6) is 0 Å². The molecule has 1 N–H and O–H groups in total. The molecule has 4 rings (SSSR count). The van der Waals surface area contributed by atoms with Crippen LogP contribution in [0.3, 0.4) is 0 Å². The van der Waals surface area contributed by atoms with Crippen molar-refractivity contribution >= 4 is 0 Å². The van der Waals surface area contributed by atoms with Gasteiger partial charge in [-0.2, -0.15) is 0 Å². The minimum absolute atomic E-state index is 0.403. The largest absolute Gasteiger partial charge is 0.376 e. The molecule has 6 heteroatoms. The van der Waals surface area contributed by atoms with Crippen LogP contribution in [0.15, 0.2) is 42.5 Å². The fraction of sp³-hybridized carbons (Fsp3) is 0.609. The molecule has 0 amide bonds. The third-order valence-electron chi connectivity index (χ3n) is 6.26. The second-order valence-corrected chi connectivity index (χ2v) is 8.27. The number of aryl methyl sites for hydroxylation is 1. The minimum Gasteiger partial charge on any atom is -0.376 e. The van der Waals surface area contributed by atoms with Crippen LogP contribution < -0.4 is 0 Å². The summed E-state index contributed by atoms with van der Waals surface area (Å²) < 4.78 is 12.3. The van der Waals surface area contributed by atoms with Crippen molar-refractivity contribution in [3.63, 3.8) is 0 Å². The molecule has 1 aromatic heterocycles. The maximum absolute atomic E-state index is 6.21. The minimum atomic E-state index is 0.403. The van der Waals surface area contributed by atoms with E-state index in [1.807, 2.05) is 6.07 Å². The Morgan fingerprint density at radius 2 is 1.90 bits per heavy atom. The van der Waals surface area contributed by atoms with Gasteiger partial charge in [-0.25, -0.2) is 5.10 Å². The molecular weight excluding hydrogens is 364 g/mol. The van der Waals surface area contributed by atoms with E-state index in [-0.39, 0.29) is 0 Å². The second kappa shape index (κ2) is 10.6. The lowest BCUT2D eigenvalue weighted by atomic mass is 9.78. The van der Waals surface area contributed by atoms with Crippen molar-refractivity contribution in [2.75, 3.05) is 6.61 Å². The summed E-state index contributed by atoms with van der Waals surface area (Å²) in [7, 11) is 0. The van der Waals surface area contributed by atoms with Crippen molar-refractivity contribution in [1.29, 1.82) is 0 Å². The van der Waals surface area contributed by atoms with Gasteiger partial charge in [-0.3, -0.25) is 0 Å². The topological polar surface area (TPSA) is 72.9 Å². The van der Waals surface area contributed by atoms with Crippen LogP contribution in [0.25, 0.3) is 0 Å². The average Bonchev–Trinajstić information content (AvgIpc) is 3.49. The van der Waals surface area contributed by atoms with Gasteiger partial charge in [0, 0.05) is 12.3 Å². The number of tetrazole rings is 1. The molecular formula is C23H32N4O2. The van der Waals surface area contributed by atoms with E-state index in [2.05, 4.69) is 57.0 Å². The number of allylic oxidation sites excluding steroid dienone is 2. The summed E-state index contributed by atoms with van der Waals surface area (Å²) in [4.78, 5) is 0. The van der Waals surface area contributed by atoms with E-state index in [0.29, 0.717) is 30.7 Å². The van der Waals surface area contributed by atoms with Gasteiger partial charge in [-0.1, -0.05) is 48.9 Å². The number of aromatic nitrogens is 4. The maximum atomic E-state index is 6.21. The van der Waals surface area contributed by atoms with Crippen LogP contribution in [0.1, 0.15) is 56.3 Å². The molecule has 29 heavy (non-hydrogen) atoms. The Hall–Kier alpha value is -2.05. The Morgan fingerprint density at radius 3 is 2.72 bits per heavy atom. The summed E-state index contributed by atoms with van der Waals surface area (Å²) in [5.74, 6) is 2.04. The van der Waals surface area contributed by atoms with Gasteiger partial charge >= 0.3 is 0 Å². The molecule has 2 aliphatic heterocycles. The van der Waals surface area contributed by atoms with Crippen molar-refractivity contribution in [2.45, 2.75) is 70.2 Å². The number of H-pyrrole nitrogens is 1. The molecule has 0 radical (unpaired) electrons. The van der Waals surface area contributed by atoms with E-state index in [1.165, 1.54) is 31.2 Å². The number of benzene rings is 1. The molecule has 1 aromatic carbocycles. The van der Waals surface area contributed by atoms with Crippen LogP contribution in [0, 0.1) is 11.8 Å². The summed E-state index contributed by atoms with van der Waals surface area (Å²) in [5, 5.41) is 13.9. The fourth-order valence-electron chi connectivity index (χ4n) is 4.70. The highest BCUT2D eigenvalue weighted by molar-refractivity contribution is 5.13. The van der Waals surface area contributed by atoms with Gasteiger partial charge in [-0.15, -0.1) is 5.10 Å². The molecule has 2 aromatic rings. The lowest BCUT2D eigenvalue weighted by Crippen LogP contribution is -2.30. The number of nitrogens with zero attached hydrogens (tertiary/aromatic N) is 3. The van der Waals surface area contributed by atoms with Gasteiger partial charge in [0.1, 0.15) is 5.82 Å². The zero-order valence-corrected chi connectivity index (χ0v) is 17.1. The lowest BCUT2D eigenvalue weighted by molar-refractivity contribution is 0.0419. The molecule has 2 aliphatic rings. The Kier molecular flexibility index (Phi) is 7.43. The van der Waals surface area contributed by atoms with Crippen molar-refractivity contribution in [1.82, 2.24) is 20.6 Å². The number of hydrogen-bond donors (Lipinski definition) is 1. The molecule has 0 saturated carbocycles. The Labute approximate surface area is 173 Å². The van der Waals surface area contributed by atoms with Gasteiger partial charge in [0.25, 0.3) is 0 Å². The Morgan fingerprint density at radius 1 is 1.03 bits per heavy atom. The number of aromatic amines is 1. The van der Waals surface area contributed by atoms with Crippen LogP contribution in [0.4, 0.5) is 0 Å². The third-order valence-corrected chi connectivity index (χ3v) is 6.26. The quantitative estimate of drug-likeness (QED) is 0.429. The molecule has 2 bridgehead atoms. The third kappa shape index (κ3) is 5.73. The molecule has 2 saturated heterocycles. The molecule has 3 heterocycles. The van der Waals surface area contributed by atoms with E-state index in [4.69, 9.17) is 9.47 Å². The first-order valence-electron chi connectivity index (χ1n) is 11.0. The van der Waals surface area contributed by atoms with Crippen molar-refractivity contribution < 1.29 is 9.47 Å². The summed E-state index contributed by atoms with van der Waals surface area (Å²) in [6.07, 6.45) is 14.7. The first-order valence-corrected chi connectivity index (χ1v) is 11.0. The van der Waals surface area contributed by atoms with Crippen LogP contribution in [-0.4, -0.2) is 39.4 Å². The van der Waals surface area contributed by atoms with Gasteiger partial charge in [-0.05, 0) is 60.4 Å². The first kappa shape index (κ1) is 20.2. The summed E-state index contributed by atoms with van der Waals surface area (Å²) in [6.45, 7) is 1.51. The number of hydrogen-bond acceptors (Lipinski definition) is 5. The Bertz CT molecular complexity index is 735. The SMILES string of the molecule is C(=C/C[C@H]1[C@@H](COCc2ccccc2)[C@H]2CC[C@@H]1O2)/CCCCCc1nnn[nH]1. The standard InChI is InChI=1S/C23H32N4O2/c1(2-4-9-13-23-24-26-27-25-23)3-8-12-19-20(22-15-14-21(19)29-22)17-28-16-18-10-6-5-7-11-18/h3,5-8,10-11,19-22H,1-2,4,9,12-17H2,(H,24,25,26,27)/b8-3-/t19-,20+,21-,22+/m0/s1. The van der Waals surface area contributed by atoms with Gasteiger partial charge in [0.05, 0.1) is 25.4 Å². The highest BCUT2D eigenvalue weighted by Crippen LogP contribution is 2.45. The number of unbranched alkanes of at least 4 members (excludes halogenated alkanes) is 3. The van der Waals surface area contributed by atoms with Crippen molar-refractivity contribution in [3.8, 4) is 0 Å². The summed E-state index contributed by atoms with van der Waals surface area (Å²) >= 11 is 0. The summed E-state index contributed by atoms with van der Waals surface area (Å²) in [6, 6.07) is 10.4. The van der Waals surface area contributed by atoms with Crippen molar-refractivity contribution in [3.05, 3.63) is 53.9 Å². The molecule has 6 nitrogen and oxygen atoms in total. The first-order chi connectivity index (χ1) is 14.4. The number of fused-ring (bicyclic) bond motifs is 2. The molecule has 4 atom stereocenters. The highest BCUT2D eigenvalue weighted by atomic mass is 16.5. The maximum Gasteiger partial charge on any atom is 0.148 e. The average molecular weight is 397 g/mol. The van der Waals surface area contributed by atoms with Crippen molar-refractivity contribution in [2.24, 2.45) is 11.8 Å².